The van der Waals surface area contributed by atoms with E-state index < -0.39 is 15.1 Å². The van der Waals surface area contributed by atoms with Gasteiger partial charge in [-0.15, -0.1) is 16.4 Å². The van der Waals surface area contributed by atoms with Crippen molar-refractivity contribution in [2.24, 2.45) is 0 Å². The number of hydrogen-bond acceptors (Lipinski definition) is 7. The van der Waals surface area contributed by atoms with Crippen LogP contribution in [0.3, 0.4) is 0 Å². The third-order valence-corrected chi connectivity index (χ3v) is 8.28. The molecular formula is C19H21N3O3S3. The molecule has 3 rings (SSSR count). The maximum absolute atomic E-state index is 13.2. The molecule has 9 heteroatoms. The molecule has 0 aliphatic carbocycles. The first kappa shape index (κ1) is 20.6. The number of nitrogens with one attached hydrogen (secondary N) is 1. The lowest BCUT2D eigenvalue weighted by Gasteiger charge is -2.17. The first-order valence-corrected chi connectivity index (χ1v) is 12.1. The summed E-state index contributed by atoms with van der Waals surface area (Å²) in [7, 11) is -3.66. The number of carbonyl (C=O) groups excluding carboxylic acids is 1. The van der Waals surface area contributed by atoms with Crippen molar-refractivity contribution in [2.45, 2.75) is 36.8 Å². The molecule has 148 valence electrons. The van der Waals surface area contributed by atoms with E-state index in [9.17, 15) is 13.2 Å². The van der Waals surface area contributed by atoms with E-state index in [1.807, 2.05) is 25.3 Å². The van der Waals surface area contributed by atoms with Crippen LogP contribution in [0.15, 0.2) is 46.7 Å². The zero-order valence-corrected chi connectivity index (χ0v) is 18.0. The summed E-state index contributed by atoms with van der Waals surface area (Å²) >= 11 is 2.40. The molecular weight excluding hydrogens is 414 g/mol. The van der Waals surface area contributed by atoms with Crippen molar-refractivity contribution in [1.82, 2.24) is 14.9 Å². The Balaban J connectivity index is 1.84. The lowest BCUT2D eigenvalue weighted by molar-refractivity contribution is 0.0956. The van der Waals surface area contributed by atoms with Gasteiger partial charge in [-0.1, -0.05) is 41.6 Å². The Bertz CT molecular complexity index is 1030. The summed E-state index contributed by atoms with van der Waals surface area (Å²) in [6.45, 7) is 3.89. The van der Waals surface area contributed by atoms with E-state index in [0.717, 1.165) is 23.5 Å². The molecule has 3 aromatic rings. The second-order valence-corrected chi connectivity index (χ2v) is 10.2. The Kier molecular flexibility index (Phi) is 6.58. The maximum atomic E-state index is 13.2. The molecule has 2 aromatic heterocycles. The zero-order valence-electron chi connectivity index (χ0n) is 15.6. The highest BCUT2D eigenvalue weighted by atomic mass is 32.2. The minimum absolute atomic E-state index is 0.0149. The smallest absolute Gasteiger partial charge is 0.265 e. The van der Waals surface area contributed by atoms with Gasteiger partial charge in [-0.3, -0.25) is 4.79 Å². The van der Waals surface area contributed by atoms with Crippen molar-refractivity contribution in [3.8, 4) is 0 Å². The lowest BCUT2D eigenvalue weighted by Crippen LogP contribution is -2.31. The minimum atomic E-state index is -3.66. The summed E-state index contributed by atoms with van der Waals surface area (Å²) in [6.07, 6.45) is 1.51. The number of aryl methyl sites for hydroxylation is 2. The molecule has 0 fully saturated rings. The fourth-order valence-corrected chi connectivity index (χ4v) is 6.19. The number of sulfone groups is 1. The number of benzene rings is 1. The van der Waals surface area contributed by atoms with Gasteiger partial charge in [0.2, 0.25) is 0 Å². The third-order valence-electron chi connectivity index (χ3n) is 4.28. The average Bonchev–Trinajstić information content (AvgIpc) is 3.34. The Morgan fingerprint density at radius 1 is 1.21 bits per heavy atom. The van der Waals surface area contributed by atoms with E-state index in [2.05, 4.69) is 14.9 Å². The molecule has 0 saturated carbocycles. The van der Waals surface area contributed by atoms with Crippen LogP contribution < -0.4 is 5.32 Å². The van der Waals surface area contributed by atoms with Crippen LogP contribution in [0.5, 0.6) is 0 Å². The van der Waals surface area contributed by atoms with Gasteiger partial charge in [-0.05, 0) is 48.5 Å². The summed E-state index contributed by atoms with van der Waals surface area (Å²) in [5, 5.41) is 7.76. The van der Waals surface area contributed by atoms with Crippen molar-refractivity contribution in [3.63, 3.8) is 0 Å². The highest BCUT2D eigenvalue weighted by Crippen LogP contribution is 2.31. The number of carbonyl (C=O) groups is 1. The van der Waals surface area contributed by atoms with Crippen molar-refractivity contribution in [3.05, 3.63) is 62.8 Å². The van der Waals surface area contributed by atoms with Crippen LogP contribution in [-0.2, 0) is 16.3 Å². The molecule has 2 heterocycles. The van der Waals surface area contributed by atoms with Gasteiger partial charge in [-0.2, -0.15) is 0 Å². The van der Waals surface area contributed by atoms with E-state index in [4.69, 9.17) is 0 Å². The highest BCUT2D eigenvalue weighted by Gasteiger charge is 2.31. The number of nitrogens with zero attached hydrogens (tertiary/aromatic N) is 2. The monoisotopic (exact) mass is 435 g/mol. The van der Waals surface area contributed by atoms with Crippen molar-refractivity contribution in [2.75, 3.05) is 6.54 Å². The Morgan fingerprint density at radius 3 is 2.61 bits per heavy atom. The molecule has 1 atom stereocenters. The van der Waals surface area contributed by atoms with Crippen LogP contribution in [0.1, 0.15) is 44.4 Å². The van der Waals surface area contributed by atoms with Crippen LogP contribution in [0.2, 0.25) is 0 Å². The molecule has 0 spiro atoms. The van der Waals surface area contributed by atoms with E-state index in [1.165, 1.54) is 11.3 Å². The van der Waals surface area contributed by atoms with Gasteiger partial charge in [0.1, 0.15) is 10.1 Å². The van der Waals surface area contributed by atoms with Gasteiger partial charge in [0.05, 0.1) is 10.6 Å². The standard InChI is InChI=1S/C19H21N3O3S3/c1-3-5-15-18(27-22-21-15)19(23)20-12-17(16-6-4-11-26-16)28(24,25)14-9-7-13(2)8-10-14/h4,6-11,17H,3,5,12H2,1-2H3,(H,20,23). The predicted molar refractivity (Wildman–Crippen MR) is 112 cm³/mol. The third kappa shape index (κ3) is 4.48. The molecule has 0 radical (unpaired) electrons. The van der Waals surface area contributed by atoms with Crippen molar-refractivity contribution < 1.29 is 13.2 Å². The topological polar surface area (TPSA) is 89.0 Å². The number of rotatable bonds is 8. The van der Waals surface area contributed by atoms with E-state index in [0.29, 0.717) is 21.9 Å². The first-order chi connectivity index (χ1) is 13.4. The Hall–Kier alpha value is -2.10. The van der Waals surface area contributed by atoms with E-state index in [1.54, 1.807) is 30.3 Å². The zero-order chi connectivity index (χ0) is 20.1. The molecule has 1 unspecified atom stereocenters. The normalized spacial score (nSPS) is 12.6. The number of amides is 1. The van der Waals surface area contributed by atoms with Gasteiger partial charge < -0.3 is 5.32 Å². The minimum Gasteiger partial charge on any atom is -0.350 e. The molecule has 0 aliphatic heterocycles. The predicted octanol–water partition coefficient (Wildman–Crippen LogP) is 3.81. The van der Waals surface area contributed by atoms with Gasteiger partial charge in [0.25, 0.3) is 5.91 Å². The van der Waals surface area contributed by atoms with Crippen LogP contribution >= 0.6 is 22.9 Å². The second-order valence-electron chi connectivity index (χ2n) is 6.37. The fraction of sp³-hybridized carbons (Fsp3) is 0.316. The largest absolute Gasteiger partial charge is 0.350 e. The molecule has 1 amide bonds. The molecule has 1 aromatic carbocycles. The lowest BCUT2D eigenvalue weighted by atomic mass is 10.2. The summed E-state index contributed by atoms with van der Waals surface area (Å²) in [4.78, 5) is 14.0. The number of thiophene rings is 1. The first-order valence-electron chi connectivity index (χ1n) is 8.87. The quantitative estimate of drug-likeness (QED) is 0.581. The molecule has 6 nitrogen and oxygen atoms in total. The van der Waals surface area contributed by atoms with E-state index in [-0.39, 0.29) is 17.3 Å². The maximum Gasteiger partial charge on any atom is 0.265 e. The fourth-order valence-electron chi connectivity index (χ4n) is 2.78. The van der Waals surface area contributed by atoms with E-state index >= 15 is 0 Å². The summed E-state index contributed by atoms with van der Waals surface area (Å²) in [5.74, 6) is -0.334. The highest BCUT2D eigenvalue weighted by molar-refractivity contribution is 7.91. The second kappa shape index (κ2) is 8.93. The average molecular weight is 436 g/mol. The molecule has 0 aliphatic rings. The molecule has 28 heavy (non-hydrogen) atoms. The number of aromatic nitrogens is 2. The summed E-state index contributed by atoms with van der Waals surface area (Å²) in [5.41, 5.74) is 1.64. The molecule has 1 N–H and O–H groups in total. The van der Waals surface area contributed by atoms with Crippen molar-refractivity contribution in [1.29, 1.82) is 0 Å². The van der Waals surface area contributed by atoms with Crippen LogP contribution in [0, 0.1) is 6.92 Å². The summed E-state index contributed by atoms with van der Waals surface area (Å²) in [6, 6.07) is 10.4. The van der Waals surface area contributed by atoms with Gasteiger partial charge in [-0.25, -0.2) is 8.42 Å². The van der Waals surface area contributed by atoms with Gasteiger partial charge in [0.15, 0.2) is 9.84 Å². The van der Waals surface area contributed by atoms with Crippen LogP contribution in [-0.4, -0.2) is 30.5 Å². The Morgan fingerprint density at radius 2 is 1.96 bits per heavy atom. The molecule has 0 saturated heterocycles. The molecule has 0 bridgehead atoms. The van der Waals surface area contributed by atoms with Crippen LogP contribution in [0.25, 0.3) is 0 Å². The van der Waals surface area contributed by atoms with Crippen LogP contribution in [0.4, 0.5) is 0 Å². The SMILES string of the molecule is CCCc1nnsc1C(=O)NCC(c1cccs1)S(=O)(=O)c1ccc(C)cc1. The van der Waals surface area contributed by atoms with Crippen molar-refractivity contribution >= 4 is 38.6 Å². The van der Waals surface area contributed by atoms with Gasteiger partial charge >= 0.3 is 0 Å². The van der Waals surface area contributed by atoms with Gasteiger partial charge in [0, 0.05) is 11.4 Å². The number of hydrogen-bond donors (Lipinski definition) is 1. The summed E-state index contributed by atoms with van der Waals surface area (Å²) < 4.78 is 30.3. The Labute approximate surface area is 172 Å².